The molecule has 112 valence electrons. The van der Waals surface area contributed by atoms with Crippen molar-refractivity contribution in [1.29, 1.82) is 0 Å². The van der Waals surface area contributed by atoms with Crippen LogP contribution >= 0.6 is 27.3 Å². The lowest BCUT2D eigenvalue weighted by molar-refractivity contribution is 0.198. The number of aryl methyl sites for hydroxylation is 1. The van der Waals surface area contributed by atoms with E-state index in [0.717, 1.165) is 30.7 Å². The summed E-state index contributed by atoms with van der Waals surface area (Å²) in [5, 5.41) is 1.17. The highest BCUT2D eigenvalue weighted by Crippen LogP contribution is 2.26. The average molecular weight is 366 g/mol. The molecule has 0 amide bonds. The molecule has 1 fully saturated rings. The molecule has 0 N–H and O–H groups in total. The number of rotatable bonds is 3. The summed E-state index contributed by atoms with van der Waals surface area (Å²) in [6.45, 7) is 8.73. The molecule has 0 aliphatic carbocycles. The summed E-state index contributed by atoms with van der Waals surface area (Å²) in [4.78, 5) is 10.7. The van der Waals surface area contributed by atoms with Gasteiger partial charge in [-0.05, 0) is 31.5 Å². The summed E-state index contributed by atoms with van der Waals surface area (Å²) in [5.41, 5.74) is 1.39. The van der Waals surface area contributed by atoms with Crippen LogP contribution in [-0.2, 0) is 0 Å². The van der Waals surface area contributed by atoms with Crippen molar-refractivity contribution in [3.05, 3.63) is 45.4 Å². The van der Waals surface area contributed by atoms with Crippen LogP contribution in [0.25, 0.3) is 0 Å². The third kappa shape index (κ3) is 3.47. The predicted octanol–water partition coefficient (Wildman–Crippen LogP) is 4.10. The first-order valence-corrected chi connectivity index (χ1v) is 8.91. The van der Waals surface area contributed by atoms with Gasteiger partial charge in [0, 0.05) is 47.8 Å². The molecule has 1 saturated heterocycles. The molecule has 0 bridgehead atoms. The molecule has 2 aromatic rings. The highest BCUT2D eigenvalue weighted by molar-refractivity contribution is 9.10. The fraction of sp³-hybridized carbons (Fsp3) is 0.438. The smallest absolute Gasteiger partial charge is 0.185 e. The van der Waals surface area contributed by atoms with Crippen LogP contribution in [0, 0.1) is 6.92 Å². The standard InChI is InChI=1S/C16H20BrN3S/c1-12-11-18-16(21-12)20-9-7-19(8-10-20)13(2)14-3-5-15(17)6-4-14/h3-6,11,13H,7-10H2,1-2H3. The second-order valence-electron chi connectivity index (χ2n) is 5.50. The van der Waals surface area contributed by atoms with E-state index in [-0.39, 0.29) is 0 Å². The second-order valence-corrected chi connectivity index (χ2v) is 7.63. The molecular weight excluding hydrogens is 346 g/mol. The van der Waals surface area contributed by atoms with Gasteiger partial charge in [0.15, 0.2) is 5.13 Å². The minimum Gasteiger partial charge on any atom is -0.346 e. The number of hydrogen-bond acceptors (Lipinski definition) is 4. The highest BCUT2D eigenvalue weighted by Gasteiger charge is 2.23. The van der Waals surface area contributed by atoms with Gasteiger partial charge in [-0.25, -0.2) is 4.98 Å². The fourth-order valence-electron chi connectivity index (χ4n) is 2.74. The fourth-order valence-corrected chi connectivity index (χ4v) is 3.82. The molecular formula is C16H20BrN3S. The molecule has 0 radical (unpaired) electrons. The largest absolute Gasteiger partial charge is 0.346 e. The maximum absolute atomic E-state index is 4.50. The number of nitrogens with zero attached hydrogens (tertiary/aromatic N) is 3. The van der Waals surface area contributed by atoms with Gasteiger partial charge in [-0.2, -0.15) is 0 Å². The van der Waals surface area contributed by atoms with Crippen LogP contribution in [0.2, 0.25) is 0 Å². The molecule has 3 nitrogen and oxygen atoms in total. The predicted molar refractivity (Wildman–Crippen MR) is 93.2 cm³/mol. The van der Waals surface area contributed by atoms with Gasteiger partial charge in [-0.15, -0.1) is 11.3 Å². The zero-order valence-electron chi connectivity index (χ0n) is 12.4. The SMILES string of the molecule is Cc1cnc(N2CCN(C(C)c3ccc(Br)cc3)CC2)s1. The molecule has 0 spiro atoms. The third-order valence-electron chi connectivity index (χ3n) is 4.09. The van der Waals surface area contributed by atoms with Crippen LogP contribution in [0.5, 0.6) is 0 Å². The van der Waals surface area contributed by atoms with Crippen molar-refractivity contribution in [1.82, 2.24) is 9.88 Å². The molecule has 3 rings (SSSR count). The average Bonchev–Trinajstić information content (AvgIpc) is 2.94. The number of benzene rings is 1. The Morgan fingerprint density at radius 1 is 1.14 bits per heavy atom. The lowest BCUT2D eigenvalue weighted by atomic mass is 10.1. The minimum atomic E-state index is 0.471. The van der Waals surface area contributed by atoms with Gasteiger partial charge in [0.25, 0.3) is 0 Å². The Morgan fingerprint density at radius 2 is 1.81 bits per heavy atom. The van der Waals surface area contributed by atoms with Gasteiger partial charge in [0.2, 0.25) is 0 Å². The lowest BCUT2D eigenvalue weighted by Crippen LogP contribution is -2.47. The number of thiazole rings is 1. The first-order valence-electron chi connectivity index (χ1n) is 7.30. The zero-order chi connectivity index (χ0) is 14.8. The lowest BCUT2D eigenvalue weighted by Gasteiger charge is -2.38. The normalized spacial score (nSPS) is 18.0. The van der Waals surface area contributed by atoms with E-state index >= 15 is 0 Å². The maximum atomic E-state index is 4.50. The van der Waals surface area contributed by atoms with Crippen molar-refractivity contribution in [3.8, 4) is 0 Å². The summed E-state index contributed by atoms with van der Waals surface area (Å²) in [5.74, 6) is 0. The Morgan fingerprint density at radius 3 is 2.38 bits per heavy atom. The Balaban J connectivity index is 1.61. The first kappa shape index (κ1) is 15.0. The Kier molecular flexibility index (Phi) is 4.62. The van der Waals surface area contributed by atoms with Crippen LogP contribution in [0.3, 0.4) is 0 Å². The van der Waals surface area contributed by atoms with Crippen molar-refractivity contribution in [2.45, 2.75) is 19.9 Å². The number of hydrogen-bond donors (Lipinski definition) is 0. The third-order valence-corrected chi connectivity index (χ3v) is 5.60. The highest BCUT2D eigenvalue weighted by atomic mass is 79.9. The quantitative estimate of drug-likeness (QED) is 0.816. The van der Waals surface area contributed by atoms with E-state index in [2.05, 4.69) is 68.8 Å². The van der Waals surface area contributed by atoms with Gasteiger partial charge in [0.05, 0.1) is 0 Å². The van der Waals surface area contributed by atoms with E-state index in [4.69, 9.17) is 0 Å². The Hall–Kier alpha value is -0.910. The molecule has 2 heterocycles. The summed E-state index contributed by atoms with van der Waals surface area (Å²) >= 11 is 5.29. The van der Waals surface area contributed by atoms with Crippen LogP contribution in [0.15, 0.2) is 34.9 Å². The summed E-state index contributed by atoms with van der Waals surface area (Å²) in [7, 11) is 0. The second kappa shape index (κ2) is 6.46. The van der Waals surface area contributed by atoms with Gasteiger partial charge >= 0.3 is 0 Å². The minimum absolute atomic E-state index is 0.471. The monoisotopic (exact) mass is 365 g/mol. The van der Waals surface area contributed by atoms with Crippen LogP contribution < -0.4 is 4.90 Å². The van der Waals surface area contributed by atoms with Crippen molar-refractivity contribution in [2.75, 3.05) is 31.1 Å². The van der Waals surface area contributed by atoms with Crippen molar-refractivity contribution < 1.29 is 0 Å². The molecule has 5 heteroatoms. The number of anilines is 1. The topological polar surface area (TPSA) is 19.4 Å². The molecule has 1 aromatic carbocycles. The van der Waals surface area contributed by atoms with Gasteiger partial charge in [0.1, 0.15) is 0 Å². The van der Waals surface area contributed by atoms with E-state index in [1.807, 2.05) is 6.20 Å². The summed E-state index contributed by atoms with van der Waals surface area (Å²) < 4.78 is 1.14. The van der Waals surface area contributed by atoms with Crippen LogP contribution in [-0.4, -0.2) is 36.1 Å². The Labute approximate surface area is 138 Å². The van der Waals surface area contributed by atoms with E-state index in [1.54, 1.807) is 11.3 Å². The molecule has 1 aliphatic heterocycles. The molecule has 1 atom stereocenters. The molecule has 0 saturated carbocycles. The number of halogens is 1. The van der Waals surface area contributed by atoms with Crippen LogP contribution in [0.4, 0.5) is 5.13 Å². The van der Waals surface area contributed by atoms with E-state index in [9.17, 15) is 0 Å². The van der Waals surface area contributed by atoms with Crippen molar-refractivity contribution in [3.63, 3.8) is 0 Å². The van der Waals surface area contributed by atoms with E-state index in [1.165, 1.54) is 15.6 Å². The Bertz CT molecular complexity index is 588. The van der Waals surface area contributed by atoms with E-state index in [0.29, 0.717) is 6.04 Å². The van der Waals surface area contributed by atoms with Crippen molar-refractivity contribution in [2.24, 2.45) is 0 Å². The van der Waals surface area contributed by atoms with Gasteiger partial charge in [-0.3, -0.25) is 4.90 Å². The first-order chi connectivity index (χ1) is 10.1. The number of piperazine rings is 1. The molecule has 1 aromatic heterocycles. The van der Waals surface area contributed by atoms with Gasteiger partial charge < -0.3 is 4.90 Å². The summed E-state index contributed by atoms with van der Waals surface area (Å²) in [6, 6.07) is 9.15. The van der Waals surface area contributed by atoms with E-state index < -0.39 is 0 Å². The summed E-state index contributed by atoms with van der Waals surface area (Å²) in [6.07, 6.45) is 1.97. The van der Waals surface area contributed by atoms with Gasteiger partial charge in [-0.1, -0.05) is 28.1 Å². The van der Waals surface area contributed by atoms with Crippen molar-refractivity contribution >= 4 is 32.4 Å². The zero-order valence-corrected chi connectivity index (χ0v) is 14.8. The van der Waals surface area contributed by atoms with Crippen LogP contribution in [0.1, 0.15) is 23.4 Å². The number of aromatic nitrogens is 1. The maximum Gasteiger partial charge on any atom is 0.185 e. The molecule has 1 aliphatic rings. The molecule has 1 unspecified atom stereocenters. The molecule has 21 heavy (non-hydrogen) atoms.